The van der Waals surface area contributed by atoms with Gasteiger partial charge in [-0.15, -0.1) is 0 Å². The molecule has 0 amide bonds. The Balaban J connectivity index is 1.31. The second-order valence-corrected chi connectivity index (χ2v) is 8.95. The van der Waals surface area contributed by atoms with E-state index < -0.39 is 11.7 Å². The molecule has 3 heterocycles. The lowest BCUT2D eigenvalue weighted by molar-refractivity contribution is -0.137. The lowest BCUT2D eigenvalue weighted by Crippen LogP contribution is -2.55. The van der Waals surface area contributed by atoms with E-state index in [1.165, 1.54) is 18.6 Å². The summed E-state index contributed by atoms with van der Waals surface area (Å²) in [6.45, 7) is 6.19. The number of anilines is 1. The van der Waals surface area contributed by atoms with Crippen LogP contribution in [0.2, 0.25) is 0 Å². The van der Waals surface area contributed by atoms with Crippen LogP contribution in [0.5, 0.6) is 0 Å². The first-order chi connectivity index (χ1) is 14.9. The molecule has 9 heteroatoms. The Labute approximate surface area is 185 Å². The zero-order chi connectivity index (χ0) is 21.8. The second kappa shape index (κ2) is 9.75. The van der Waals surface area contributed by atoms with E-state index in [1.807, 2.05) is 18.6 Å². The van der Waals surface area contributed by atoms with Crippen LogP contribution in [0, 0.1) is 0 Å². The van der Waals surface area contributed by atoms with E-state index in [1.54, 1.807) is 17.8 Å². The Bertz CT molecular complexity index is 853. The van der Waals surface area contributed by atoms with Crippen molar-refractivity contribution in [3.05, 3.63) is 47.8 Å². The molecular weight excluding hydrogens is 423 g/mol. The maximum atomic E-state index is 13.0. The van der Waals surface area contributed by atoms with Crippen LogP contribution in [-0.4, -0.2) is 71.3 Å². The maximum Gasteiger partial charge on any atom is 0.416 e. The van der Waals surface area contributed by atoms with Gasteiger partial charge >= 0.3 is 6.18 Å². The first kappa shape index (κ1) is 22.4. The lowest BCUT2D eigenvalue weighted by Gasteiger charge is -2.44. The molecule has 0 bridgehead atoms. The van der Waals surface area contributed by atoms with E-state index in [-0.39, 0.29) is 0 Å². The number of thioether (sulfide) groups is 1. The van der Waals surface area contributed by atoms with E-state index in [0.717, 1.165) is 69.0 Å². The van der Waals surface area contributed by atoms with Gasteiger partial charge in [0.1, 0.15) is 0 Å². The molecule has 2 fully saturated rings. The van der Waals surface area contributed by atoms with Gasteiger partial charge in [-0.2, -0.15) is 13.2 Å². The van der Waals surface area contributed by atoms with Crippen molar-refractivity contribution in [1.29, 1.82) is 0 Å². The molecule has 2 saturated heterocycles. The third-order valence-electron chi connectivity index (χ3n) is 6.12. The van der Waals surface area contributed by atoms with Crippen LogP contribution >= 0.6 is 11.8 Å². The van der Waals surface area contributed by atoms with Crippen molar-refractivity contribution in [2.24, 2.45) is 0 Å². The Hall–Kier alpha value is -1.84. The van der Waals surface area contributed by atoms with Gasteiger partial charge in [-0.3, -0.25) is 9.80 Å². The Morgan fingerprint density at radius 3 is 2.48 bits per heavy atom. The summed E-state index contributed by atoms with van der Waals surface area (Å²) in [7, 11) is 0. The first-order valence-electron chi connectivity index (χ1n) is 10.7. The van der Waals surface area contributed by atoms with Crippen LogP contribution in [0.25, 0.3) is 0 Å². The molecule has 0 spiro atoms. The summed E-state index contributed by atoms with van der Waals surface area (Å²) >= 11 is 1.54. The van der Waals surface area contributed by atoms with Crippen LogP contribution < -0.4 is 4.90 Å². The normalized spacial score (nSPS) is 21.4. The third kappa shape index (κ3) is 5.70. The summed E-state index contributed by atoms with van der Waals surface area (Å²) in [5, 5.41) is 0.791. The number of piperazine rings is 1. The second-order valence-electron chi connectivity index (χ2n) is 8.18. The summed E-state index contributed by atoms with van der Waals surface area (Å²) in [6, 6.07) is 6.17. The standard InChI is InChI=1S/C22H28F3N5S/c1-31-21-26-13-17(14-27-21)15-28-7-3-6-20(16-28)30-10-8-29(9-11-30)19-5-2-4-18(12-19)22(23,24)25/h2,4-5,12-14,20H,3,6-11,15-16H2,1H3/t20-/m1/s1. The summed E-state index contributed by atoms with van der Waals surface area (Å²) in [6.07, 6.45) is 3.82. The molecule has 168 valence electrons. The smallest absolute Gasteiger partial charge is 0.369 e. The number of piperidine rings is 1. The van der Waals surface area contributed by atoms with Crippen LogP contribution in [0.4, 0.5) is 18.9 Å². The zero-order valence-electron chi connectivity index (χ0n) is 17.7. The highest BCUT2D eigenvalue weighted by molar-refractivity contribution is 7.98. The fraction of sp³-hybridized carbons (Fsp3) is 0.545. The van der Waals surface area contributed by atoms with E-state index in [9.17, 15) is 13.2 Å². The topological polar surface area (TPSA) is 35.5 Å². The molecule has 0 unspecified atom stereocenters. The fourth-order valence-electron chi connectivity index (χ4n) is 4.49. The van der Waals surface area contributed by atoms with Gasteiger partial charge in [0.2, 0.25) is 0 Å². The molecule has 1 aromatic heterocycles. The molecule has 1 atom stereocenters. The highest BCUT2D eigenvalue weighted by Gasteiger charge is 2.32. The van der Waals surface area contributed by atoms with E-state index in [2.05, 4.69) is 24.7 Å². The van der Waals surface area contributed by atoms with Gasteiger partial charge < -0.3 is 4.90 Å². The first-order valence-corrected chi connectivity index (χ1v) is 11.9. The van der Waals surface area contributed by atoms with Gasteiger partial charge in [0.05, 0.1) is 5.56 Å². The molecule has 2 aromatic rings. The van der Waals surface area contributed by atoms with Crippen molar-refractivity contribution in [2.75, 3.05) is 50.4 Å². The summed E-state index contributed by atoms with van der Waals surface area (Å²) in [5.74, 6) is 0. The van der Waals surface area contributed by atoms with Gasteiger partial charge in [-0.25, -0.2) is 9.97 Å². The number of likely N-dealkylation sites (tertiary alicyclic amines) is 1. The van der Waals surface area contributed by atoms with Crippen molar-refractivity contribution in [3.63, 3.8) is 0 Å². The summed E-state index contributed by atoms with van der Waals surface area (Å²) in [5.41, 5.74) is 1.21. The molecule has 2 aliphatic heterocycles. The number of aromatic nitrogens is 2. The molecule has 2 aliphatic rings. The number of alkyl halides is 3. The van der Waals surface area contributed by atoms with Crippen LogP contribution in [0.1, 0.15) is 24.0 Å². The predicted molar refractivity (Wildman–Crippen MR) is 117 cm³/mol. The van der Waals surface area contributed by atoms with Gasteiger partial charge in [0.15, 0.2) is 5.16 Å². The molecule has 0 aliphatic carbocycles. The molecular formula is C22H28F3N5S. The molecule has 4 rings (SSSR count). The zero-order valence-corrected chi connectivity index (χ0v) is 18.5. The predicted octanol–water partition coefficient (Wildman–Crippen LogP) is 4.00. The number of benzene rings is 1. The van der Waals surface area contributed by atoms with Gasteiger partial charge in [0.25, 0.3) is 0 Å². The van der Waals surface area contributed by atoms with E-state index in [4.69, 9.17) is 0 Å². The largest absolute Gasteiger partial charge is 0.416 e. The van der Waals surface area contributed by atoms with Crippen LogP contribution in [0.3, 0.4) is 0 Å². The minimum Gasteiger partial charge on any atom is -0.369 e. The Morgan fingerprint density at radius 1 is 1.06 bits per heavy atom. The van der Waals surface area contributed by atoms with Crippen molar-refractivity contribution >= 4 is 17.4 Å². The summed E-state index contributed by atoms with van der Waals surface area (Å²) in [4.78, 5) is 15.8. The monoisotopic (exact) mass is 451 g/mol. The number of hydrogen-bond acceptors (Lipinski definition) is 6. The third-order valence-corrected chi connectivity index (χ3v) is 6.70. The van der Waals surface area contributed by atoms with Gasteiger partial charge in [-0.1, -0.05) is 17.8 Å². The number of rotatable bonds is 5. The molecule has 0 N–H and O–H groups in total. The van der Waals surface area contributed by atoms with Crippen molar-refractivity contribution in [2.45, 2.75) is 36.8 Å². The number of hydrogen-bond donors (Lipinski definition) is 0. The quantitative estimate of drug-likeness (QED) is 0.505. The maximum absolute atomic E-state index is 13.0. The number of halogens is 3. The van der Waals surface area contributed by atoms with E-state index in [0.29, 0.717) is 11.7 Å². The SMILES string of the molecule is CSc1ncc(CN2CCC[C@@H](N3CCN(c4cccc(C(F)(F)F)c4)CC3)C2)cn1. The Morgan fingerprint density at radius 2 is 1.81 bits per heavy atom. The van der Waals surface area contributed by atoms with Crippen LogP contribution in [-0.2, 0) is 12.7 Å². The molecule has 0 radical (unpaired) electrons. The molecule has 1 aromatic carbocycles. The van der Waals surface area contributed by atoms with Crippen molar-refractivity contribution in [1.82, 2.24) is 19.8 Å². The van der Waals surface area contributed by atoms with Gasteiger partial charge in [-0.05, 0) is 43.8 Å². The molecule has 5 nitrogen and oxygen atoms in total. The molecule has 0 saturated carbocycles. The minimum absolute atomic E-state index is 0.490. The Kier molecular flexibility index (Phi) is 7.03. The van der Waals surface area contributed by atoms with Gasteiger partial charge in [0, 0.05) is 69.0 Å². The highest BCUT2D eigenvalue weighted by Crippen LogP contribution is 2.32. The minimum atomic E-state index is -4.30. The number of nitrogens with zero attached hydrogens (tertiary/aromatic N) is 5. The average Bonchev–Trinajstić information content (AvgIpc) is 2.79. The van der Waals surface area contributed by atoms with E-state index >= 15 is 0 Å². The van der Waals surface area contributed by atoms with Crippen molar-refractivity contribution < 1.29 is 13.2 Å². The average molecular weight is 452 g/mol. The molecule has 31 heavy (non-hydrogen) atoms. The van der Waals surface area contributed by atoms with Crippen molar-refractivity contribution in [3.8, 4) is 0 Å². The highest BCUT2D eigenvalue weighted by atomic mass is 32.2. The fourth-order valence-corrected chi connectivity index (χ4v) is 4.80. The lowest BCUT2D eigenvalue weighted by atomic mass is 10.0. The van der Waals surface area contributed by atoms with Crippen LogP contribution in [0.15, 0.2) is 41.8 Å². The summed E-state index contributed by atoms with van der Waals surface area (Å²) < 4.78 is 39.1.